The summed E-state index contributed by atoms with van der Waals surface area (Å²) < 4.78 is 13.3. The Kier molecular flexibility index (Phi) is 5.16. The van der Waals surface area contributed by atoms with Gasteiger partial charge in [-0.25, -0.2) is 4.39 Å². The van der Waals surface area contributed by atoms with E-state index in [-0.39, 0.29) is 23.0 Å². The molecule has 1 N–H and O–H groups in total. The maximum atomic E-state index is 13.3. The molecule has 0 aromatic heterocycles. The Bertz CT molecular complexity index is 872. The summed E-state index contributed by atoms with van der Waals surface area (Å²) in [6.45, 7) is 1.24. The first-order valence-electron chi connectivity index (χ1n) is 10.0. The summed E-state index contributed by atoms with van der Waals surface area (Å²) in [6.07, 6.45) is 5.62. The maximum Gasteiger partial charge on any atom is 0.251 e. The van der Waals surface area contributed by atoms with Gasteiger partial charge in [-0.1, -0.05) is 31.0 Å². The van der Waals surface area contributed by atoms with Gasteiger partial charge in [-0.15, -0.1) is 0 Å². The number of anilines is 1. The summed E-state index contributed by atoms with van der Waals surface area (Å²) in [7, 11) is 0. The smallest absolute Gasteiger partial charge is 0.251 e. The van der Waals surface area contributed by atoms with Crippen molar-refractivity contribution in [3.05, 3.63) is 65.5 Å². The number of rotatable bonds is 5. The van der Waals surface area contributed by atoms with E-state index in [4.69, 9.17) is 0 Å². The highest BCUT2D eigenvalue weighted by Crippen LogP contribution is 2.40. The molecule has 1 heterocycles. The molecular formula is C23H25FN2O2. The molecule has 4 nitrogen and oxygen atoms in total. The fourth-order valence-electron chi connectivity index (χ4n) is 4.51. The Morgan fingerprint density at radius 2 is 1.82 bits per heavy atom. The van der Waals surface area contributed by atoms with Crippen LogP contribution in [-0.4, -0.2) is 24.9 Å². The van der Waals surface area contributed by atoms with Crippen molar-refractivity contribution < 1.29 is 14.0 Å². The molecule has 28 heavy (non-hydrogen) atoms. The zero-order valence-electron chi connectivity index (χ0n) is 15.9. The second kappa shape index (κ2) is 7.74. The Balaban J connectivity index is 1.48. The highest BCUT2D eigenvalue weighted by atomic mass is 19.1. The van der Waals surface area contributed by atoms with Gasteiger partial charge in [-0.3, -0.25) is 9.59 Å². The minimum atomic E-state index is -0.241. The van der Waals surface area contributed by atoms with E-state index in [9.17, 15) is 14.0 Å². The number of hydrogen-bond donors (Lipinski definition) is 1. The Morgan fingerprint density at radius 3 is 2.50 bits per heavy atom. The first-order chi connectivity index (χ1) is 13.6. The lowest BCUT2D eigenvalue weighted by Crippen LogP contribution is -2.39. The molecule has 2 aromatic carbocycles. The van der Waals surface area contributed by atoms with Crippen LogP contribution in [0.3, 0.4) is 0 Å². The van der Waals surface area contributed by atoms with Crippen LogP contribution in [0, 0.1) is 5.82 Å². The van der Waals surface area contributed by atoms with Crippen molar-refractivity contribution in [2.24, 2.45) is 0 Å². The van der Waals surface area contributed by atoms with Gasteiger partial charge in [0.25, 0.3) is 5.91 Å². The van der Waals surface area contributed by atoms with E-state index in [0.29, 0.717) is 25.1 Å². The van der Waals surface area contributed by atoms with Gasteiger partial charge >= 0.3 is 0 Å². The predicted octanol–water partition coefficient (Wildman–Crippen LogP) is 4.19. The van der Waals surface area contributed by atoms with E-state index in [1.807, 2.05) is 24.3 Å². The van der Waals surface area contributed by atoms with Crippen molar-refractivity contribution >= 4 is 17.5 Å². The normalized spacial score (nSPS) is 18.5. The van der Waals surface area contributed by atoms with Crippen molar-refractivity contribution in [2.45, 2.75) is 43.9 Å². The molecule has 1 aliphatic carbocycles. The average Bonchev–Trinajstić information content (AvgIpc) is 3.36. The highest BCUT2D eigenvalue weighted by molar-refractivity contribution is 5.99. The zero-order valence-corrected chi connectivity index (χ0v) is 15.9. The number of carbonyl (C=O) groups is 2. The number of hydrogen-bond acceptors (Lipinski definition) is 2. The van der Waals surface area contributed by atoms with E-state index < -0.39 is 0 Å². The molecule has 1 saturated heterocycles. The SMILES string of the molecule is O=C(NCC1(c2ccc(F)cc2)CCCC1)c1cccc(N2CCCC2=O)c1. The quantitative estimate of drug-likeness (QED) is 0.845. The predicted molar refractivity (Wildman–Crippen MR) is 107 cm³/mol. The molecule has 146 valence electrons. The molecule has 0 radical (unpaired) electrons. The number of nitrogens with one attached hydrogen (secondary N) is 1. The van der Waals surface area contributed by atoms with E-state index in [1.54, 1.807) is 17.0 Å². The molecule has 0 bridgehead atoms. The van der Waals surface area contributed by atoms with Crippen LogP contribution in [-0.2, 0) is 10.2 Å². The van der Waals surface area contributed by atoms with Crippen LogP contribution in [0.2, 0.25) is 0 Å². The molecular weight excluding hydrogens is 355 g/mol. The molecule has 1 aliphatic heterocycles. The fraction of sp³-hybridized carbons (Fsp3) is 0.391. The van der Waals surface area contributed by atoms with E-state index in [1.165, 1.54) is 12.1 Å². The topological polar surface area (TPSA) is 49.4 Å². The lowest BCUT2D eigenvalue weighted by atomic mass is 9.78. The van der Waals surface area contributed by atoms with Gasteiger partial charge in [0.15, 0.2) is 0 Å². The number of benzene rings is 2. The third-order valence-corrected chi connectivity index (χ3v) is 6.10. The van der Waals surface area contributed by atoms with E-state index >= 15 is 0 Å². The minimum Gasteiger partial charge on any atom is -0.351 e. The maximum absolute atomic E-state index is 13.3. The van der Waals surface area contributed by atoms with Crippen molar-refractivity contribution in [1.82, 2.24) is 5.32 Å². The highest BCUT2D eigenvalue weighted by Gasteiger charge is 2.36. The van der Waals surface area contributed by atoms with Crippen LogP contribution in [0.4, 0.5) is 10.1 Å². The summed E-state index contributed by atoms with van der Waals surface area (Å²) in [6, 6.07) is 13.9. The lowest BCUT2D eigenvalue weighted by Gasteiger charge is -2.30. The standard InChI is InChI=1S/C23H25FN2O2/c24-19-10-8-18(9-11-19)23(12-1-2-13-23)16-25-22(28)17-5-3-6-20(15-17)26-14-4-7-21(26)27/h3,5-6,8-11,15H,1-2,4,7,12-14,16H2,(H,25,28). The van der Waals surface area contributed by atoms with Crippen molar-refractivity contribution in [1.29, 1.82) is 0 Å². The molecule has 2 amide bonds. The van der Waals surface area contributed by atoms with Crippen molar-refractivity contribution in [3.63, 3.8) is 0 Å². The summed E-state index contributed by atoms with van der Waals surface area (Å²) in [4.78, 5) is 26.5. The number of nitrogens with zero attached hydrogens (tertiary/aromatic N) is 1. The van der Waals surface area contributed by atoms with Gasteiger partial charge in [0.2, 0.25) is 5.91 Å². The van der Waals surface area contributed by atoms with Gasteiger partial charge < -0.3 is 10.2 Å². The number of amides is 2. The van der Waals surface area contributed by atoms with Crippen molar-refractivity contribution in [2.75, 3.05) is 18.0 Å². The molecule has 1 saturated carbocycles. The molecule has 2 aromatic rings. The Labute approximate surface area is 164 Å². The van der Waals surface area contributed by atoms with Crippen LogP contribution in [0.5, 0.6) is 0 Å². The van der Waals surface area contributed by atoms with Crippen LogP contribution in [0.15, 0.2) is 48.5 Å². The van der Waals surface area contributed by atoms with Gasteiger partial charge in [0.1, 0.15) is 5.82 Å². The van der Waals surface area contributed by atoms with Crippen LogP contribution >= 0.6 is 0 Å². The van der Waals surface area contributed by atoms with Gasteiger partial charge in [0, 0.05) is 36.2 Å². The van der Waals surface area contributed by atoms with Gasteiger partial charge in [-0.2, -0.15) is 0 Å². The summed E-state index contributed by atoms with van der Waals surface area (Å²) in [5.74, 6) is -0.269. The molecule has 2 aliphatic rings. The fourth-order valence-corrected chi connectivity index (χ4v) is 4.51. The van der Waals surface area contributed by atoms with E-state index in [0.717, 1.165) is 43.4 Å². The summed E-state index contributed by atoms with van der Waals surface area (Å²) in [5.41, 5.74) is 2.29. The second-order valence-corrected chi connectivity index (χ2v) is 7.88. The first-order valence-corrected chi connectivity index (χ1v) is 10.0. The average molecular weight is 380 g/mol. The number of carbonyl (C=O) groups excluding carboxylic acids is 2. The minimum absolute atomic E-state index is 0.110. The molecule has 0 unspecified atom stereocenters. The van der Waals surface area contributed by atoms with Gasteiger partial charge in [-0.05, 0) is 55.2 Å². The zero-order chi connectivity index (χ0) is 19.6. The summed E-state index contributed by atoms with van der Waals surface area (Å²) in [5, 5.41) is 3.09. The third-order valence-electron chi connectivity index (χ3n) is 6.10. The molecule has 4 rings (SSSR count). The molecule has 5 heteroatoms. The Hall–Kier alpha value is -2.69. The van der Waals surface area contributed by atoms with Crippen molar-refractivity contribution in [3.8, 4) is 0 Å². The molecule has 0 spiro atoms. The van der Waals surface area contributed by atoms with Crippen LogP contribution in [0.1, 0.15) is 54.4 Å². The number of halogens is 1. The van der Waals surface area contributed by atoms with Gasteiger partial charge in [0.05, 0.1) is 0 Å². The third kappa shape index (κ3) is 3.66. The van der Waals surface area contributed by atoms with E-state index in [2.05, 4.69) is 5.32 Å². The summed E-state index contributed by atoms with van der Waals surface area (Å²) >= 11 is 0. The van der Waals surface area contributed by atoms with Crippen LogP contribution in [0.25, 0.3) is 0 Å². The molecule has 0 atom stereocenters. The lowest BCUT2D eigenvalue weighted by molar-refractivity contribution is -0.117. The monoisotopic (exact) mass is 380 g/mol. The second-order valence-electron chi connectivity index (χ2n) is 7.88. The largest absolute Gasteiger partial charge is 0.351 e. The van der Waals surface area contributed by atoms with Crippen LogP contribution < -0.4 is 10.2 Å². The molecule has 2 fully saturated rings. The Morgan fingerprint density at radius 1 is 1.07 bits per heavy atom. The first kappa shape index (κ1) is 18.7.